The zero-order valence-electron chi connectivity index (χ0n) is 10.7. The van der Waals surface area contributed by atoms with E-state index in [0.717, 1.165) is 31.9 Å². The van der Waals surface area contributed by atoms with Crippen molar-refractivity contribution in [3.63, 3.8) is 0 Å². The standard InChI is InChI=1S/C12H24N4/c1-4-8-13-9-11(3)6-7-12-14-10-15-16(12)5-2/h10-11,13H,4-9H2,1-3H3. The summed E-state index contributed by atoms with van der Waals surface area (Å²) in [5.74, 6) is 1.82. The van der Waals surface area contributed by atoms with Crippen molar-refractivity contribution in [1.82, 2.24) is 20.1 Å². The minimum atomic E-state index is 0.702. The third-order valence-corrected chi connectivity index (χ3v) is 2.78. The lowest BCUT2D eigenvalue weighted by atomic mass is 10.1. The van der Waals surface area contributed by atoms with Crippen LogP contribution in [0, 0.1) is 5.92 Å². The van der Waals surface area contributed by atoms with E-state index in [4.69, 9.17) is 0 Å². The Morgan fingerprint density at radius 1 is 1.44 bits per heavy atom. The Hall–Kier alpha value is -0.900. The third-order valence-electron chi connectivity index (χ3n) is 2.78. The van der Waals surface area contributed by atoms with Crippen LogP contribution in [-0.2, 0) is 13.0 Å². The number of rotatable bonds is 8. The molecule has 0 aliphatic carbocycles. The van der Waals surface area contributed by atoms with Gasteiger partial charge >= 0.3 is 0 Å². The summed E-state index contributed by atoms with van der Waals surface area (Å²) in [7, 11) is 0. The average molecular weight is 224 g/mol. The van der Waals surface area contributed by atoms with Gasteiger partial charge in [-0.3, -0.25) is 4.68 Å². The van der Waals surface area contributed by atoms with E-state index in [1.165, 1.54) is 12.8 Å². The Morgan fingerprint density at radius 2 is 2.25 bits per heavy atom. The van der Waals surface area contributed by atoms with Gasteiger partial charge < -0.3 is 5.32 Å². The van der Waals surface area contributed by atoms with Crippen LogP contribution in [0.3, 0.4) is 0 Å². The van der Waals surface area contributed by atoms with Crippen LogP contribution in [0.2, 0.25) is 0 Å². The fourth-order valence-corrected chi connectivity index (χ4v) is 1.75. The number of aromatic nitrogens is 3. The molecule has 1 atom stereocenters. The molecule has 0 spiro atoms. The van der Waals surface area contributed by atoms with Crippen molar-refractivity contribution in [1.29, 1.82) is 0 Å². The number of nitrogens with zero attached hydrogens (tertiary/aromatic N) is 3. The first-order chi connectivity index (χ1) is 7.77. The van der Waals surface area contributed by atoms with Crippen LogP contribution in [0.4, 0.5) is 0 Å². The molecule has 1 N–H and O–H groups in total. The molecule has 0 aliphatic rings. The van der Waals surface area contributed by atoms with Crippen LogP contribution < -0.4 is 5.32 Å². The molecule has 4 nitrogen and oxygen atoms in total. The van der Waals surface area contributed by atoms with Crippen molar-refractivity contribution >= 4 is 0 Å². The van der Waals surface area contributed by atoms with Gasteiger partial charge in [0.1, 0.15) is 12.2 Å². The zero-order valence-corrected chi connectivity index (χ0v) is 10.7. The van der Waals surface area contributed by atoms with E-state index in [0.29, 0.717) is 5.92 Å². The molecule has 16 heavy (non-hydrogen) atoms. The molecule has 0 saturated heterocycles. The Balaban J connectivity index is 2.23. The van der Waals surface area contributed by atoms with Crippen molar-refractivity contribution in [2.75, 3.05) is 13.1 Å². The molecular formula is C12H24N4. The molecule has 0 amide bonds. The van der Waals surface area contributed by atoms with E-state index in [-0.39, 0.29) is 0 Å². The second-order valence-corrected chi connectivity index (χ2v) is 4.34. The van der Waals surface area contributed by atoms with Crippen LogP contribution in [0.1, 0.15) is 39.4 Å². The lowest BCUT2D eigenvalue weighted by molar-refractivity contribution is 0.468. The zero-order chi connectivity index (χ0) is 11.8. The molecule has 1 heterocycles. The molecule has 0 bridgehead atoms. The van der Waals surface area contributed by atoms with Gasteiger partial charge in [0.15, 0.2) is 0 Å². The molecule has 1 aromatic heterocycles. The second-order valence-electron chi connectivity index (χ2n) is 4.34. The first kappa shape index (κ1) is 13.2. The molecule has 0 fully saturated rings. The highest BCUT2D eigenvalue weighted by Crippen LogP contribution is 2.06. The summed E-state index contributed by atoms with van der Waals surface area (Å²) < 4.78 is 1.98. The first-order valence-corrected chi connectivity index (χ1v) is 6.35. The predicted octanol–water partition coefficient (Wildman–Crippen LogP) is 1.87. The number of nitrogens with one attached hydrogen (secondary N) is 1. The van der Waals surface area contributed by atoms with Crippen LogP contribution in [0.15, 0.2) is 6.33 Å². The van der Waals surface area contributed by atoms with E-state index in [9.17, 15) is 0 Å². The molecule has 92 valence electrons. The maximum Gasteiger partial charge on any atom is 0.138 e. The van der Waals surface area contributed by atoms with Gasteiger partial charge in [-0.1, -0.05) is 13.8 Å². The SMILES string of the molecule is CCCNCC(C)CCc1ncnn1CC. The van der Waals surface area contributed by atoms with Gasteiger partial charge in [0.25, 0.3) is 0 Å². The van der Waals surface area contributed by atoms with Crippen LogP contribution in [0.5, 0.6) is 0 Å². The molecule has 0 aliphatic heterocycles. The fourth-order valence-electron chi connectivity index (χ4n) is 1.75. The number of hydrogen-bond donors (Lipinski definition) is 1. The fraction of sp³-hybridized carbons (Fsp3) is 0.833. The molecule has 1 aromatic rings. The highest BCUT2D eigenvalue weighted by molar-refractivity contribution is 4.85. The normalized spacial score (nSPS) is 12.9. The van der Waals surface area contributed by atoms with Gasteiger partial charge in [0.05, 0.1) is 0 Å². The average Bonchev–Trinajstić information content (AvgIpc) is 2.74. The summed E-state index contributed by atoms with van der Waals surface area (Å²) in [5.41, 5.74) is 0. The van der Waals surface area contributed by atoms with E-state index < -0.39 is 0 Å². The lowest BCUT2D eigenvalue weighted by Crippen LogP contribution is -2.22. The summed E-state index contributed by atoms with van der Waals surface area (Å²) >= 11 is 0. The first-order valence-electron chi connectivity index (χ1n) is 6.35. The topological polar surface area (TPSA) is 42.7 Å². The number of aryl methyl sites for hydroxylation is 2. The largest absolute Gasteiger partial charge is 0.316 e. The number of hydrogen-bond acceptors (Lipinski definition) is 3. The molecule has 1 unspecified atom stereocenters. The van der Waals surface area contributed by atoms with Crippen molar-refractivity contribution < 1.29 is 0 Å². The predicted molar refractivity (Wildman–Crippen MR) is 66.3 cm³/mol. The van der Waals surface area contributed by atoms with E-state index >= 15 is 0 Å². The second kappa shape index (κ2) is 7.39. The van der Waals surface area contributed by atoms with Crippen molar-refractivity contribution in [3.8, 4) is 0 Å². The van der Waals surface area contributed by atoms with Gasteiger partial charge in [0.2, 0.25) is 0 Å². The highest BCUT2D eigenvalue weighted by Gasteiger charge is 2.06. The van der Waals surface area contributed by atoms with Crippen molar-refractivity contribution in [3.05, 3.63) is 12.2 Å². The molecule has 1 rings (SSSR count). The van der Waals surface area contributed by atoms with Crippen LogP contribution in [-0.4, -0.2) is 27.9 Å². The van der Waals surface area contributed by atoms with Crippen molar-refractivity contribution in [2.45, 2.75) is 46.6 Å². The van der Waals surface area contributed by atoms with E-state index in [1.807, 2.05) is 4.68 Å². The van der Waals surface area contributed by atoms with Gasteiger partial charge in [-0.25, -0.2) is 4.98 Å². The monoisotopic (exact) mass is 224 g/mol. The highest BCUT2D eigenvalue weighted by atomic mass is 15.3. The molecule has 0 saturated carbocycles. The summed E-state index contributed by atoms with van der Waals surface area (Å²) in [6.45, 7) is 9.72. The maximum atomic E-state index is 4.29. The van der Waals surface area contributed by atoms with Gasteiger partial charge in [-0.05, 0) is 38.8 Å². The van der Waals surface area contributed by atoms with Gasteiger partial charge in [-0.2, -0.15) is 5.10 Å². The smallest absolute Gasteiger partial charge is 0.138 e. The minimum absolute atomic E-state index is 0.702. The quantitative estimate of drug-likeness (QED) is 0.685. The molecular weight excluding hydrogens is 200 g/mol. The van der Waals surface area contributed by atoms with Crippen LogP contribution >= 0.6 is 0 Å². The molecule has 0 aromatic carbocycles. The van der Waals surface area contributed by atoms with Crippen LogP contribution in [0.25, 0.3) is 0 Å². The Morgan fingerprint density at radius 3 is 2.94 bits per heavy atom. The Bertz CT molecular complexity index is 282. The van der Waals surface area contributed by atoms with E-state index in [1.54, 1.807) is 6.33 Å². The van der Waals surface area contributed by atoms with Gasteiger partial charge in [-0.15, -0.1) is 0 Å². The molecule has 4 heteroatoms. The van der Waals surface area contributed by atoms with E-state index in [2.05, 4.69) is 36.2 Å². The van der Waals surface area contributed by atoms with Crippen molar-refractivity contribution in [2.24, 2.45) is 5.92 Å². The summed E-state index contributed by atoms with van der Waals surface area (Å²) in [6, 6.07) is 0. The maximum absolute atomic E-state index is 4.29. The Kier molecular flexibility index (Phi) is 6.08. The summed E-state index contributed by atoms with van der Waals surface area (Å²) in [5, 5.41) is 7.63. The Labute approximate surface area is 98.5 Å². The summed E-state index contributed by atoms with van der Waals surface area (Å²) in [4.78, 5) is 4.29. The minimum Gasteiger partial charge on any atom is -0.316 e. The van der Waals surface area contributed by atoms with Gasteiger partial charge in [0, 0.05) is 13.0 Å². The molecule has 0 radical (unpaired) electrons. The third kappa shape index (κ3) is 4.31. The lowest BCUT2D eigenvalue weighted by Gasteiger charge is -2.11. The summed E-state index contributed by atoms with van der Waals surface area (Å²) in [6.07, 6.45) is 5.06.